The number of benzene rings is 1. The first-order chi connectivity index (χ1) is 12.1. The Morgan fingerprint density at radius 2 is 1.76 bits per heavy atom. The van der Waals surface area contributed by atoms with Gasteiger partial charge in [-0.15, -0.1) is 0 Å². The Balaban J connectivity index is 1.58. The van der Waals surface area contributed by atoms with Gasteiger partial charge < -0.3 is 10.6 Å². The molecule has 1 amide bonds. The van der Waals surface area contributed by atoms with Gasteiger partial charge >= 0.3 is 0 Å². The van der Waals surface area contributed by atoms with E-state index in [0.717, 1.165) is 11.5 Å². The molecule has 3 rings (SSSR count). The van der Waals surface area contributed by atoms with E-state index in [1.807, 2.05) is 24.3 Å². The van der Waals surface area contributed by atoms with Crippen LogP contribution < -0.4 is 10.6 Å². The van der Waals surface area contributed by atoms with E-state index in [2.05, 4.69) is 34.4 Å². The zero-order valence-electron chi connectivity index (χ0n) is 15.0. The zero-order chi connectivity index (χ0) is 17.6. The molecule has 0 spiro atoms. The van der Waals surface area contributed by atoms with Crippen LogP contribution in [-0.4, -0.2) is 21.9 Å². The summed E-state index contributed by atoms with van der Waals surface area (Å²) in [6, 6.07) is 8.37. The Morgan fingerprint density at radius 1 is 1.04 bits per heavy atom. The van der Waals surface area contributed by atoms with Crippen molar-refractivity contribution < 1.29 is 4.79 Å². The number of hydrogen-bond donors (Lipinski definition) is 2. The maximum Gasteiger partial charge on any atom is 0.275 e. The van der Waals surface area contributed by atoms with E-state index in [4.69, 9.17) is 0 Å². The molecule has 0 bridgehead atoms. The van der Waals surface area contributed by atoms with Crippen molar-refractivity contribution in [2.45, 2.75) is 57.9 Å². The molecule has 5 heteroatoms. The number of carbonyl (C=O) groups is 1. The summed E-state index contributed by atoms with van der Waals surface area (Å²) in [5, 5.41) is 6.27. The summed E-state index contributed by atoms with van der Waals surface area (Å²) < 4.78 is 0. The Labute approximate surface area is 149 Å². The molecule has 1 aliphatic rings. The summed E-state index contributed by atoms with van der Waals surface area (Å²) in [5.41, 5.74) is 2.33. The third-order valence-electron chi connectivity index (χ3n) is 4.68. The average Bonchev–Trinajstić information content (AvgIpc) is 2.63. The first-order valence-electron chi connectivity index (χ1n) is 9.12. The van der Waals surface area contributed by atoms with Gasteiger partial charge in [0.2, 0.25) is 0 Å². The van der Waals surface area contributed by atoms with E-state index < -0.39 is 0 Å². The molecule has 0 atom stereocenters. The average molecular weight is 338 g/mol. The van der Waals surface area contributed by atoms with Crippen LogP contribution in [0.4, 0.5) is 11.5 Å². The molecule has 1 aromatic heterocycles. The number of aromatic nitrogens is 2. The Bertz CT molecular complexity index is 689. The molecule has 5 nitrogen and oxygen atoms in total. The minimum absolute atomic E-state index is 0.242. The number of rotatable bonds is 5. The molecule has 1 aromatic carbocycles. The lowest BCUT2D eigenvalue weighted by Crippen LogP contribution is -2.23. The Morgan fingerprint density at radius 3 is 2.36 bits per heavy atom. The minimum atomic E-state index is -0.242. The van der Waals surface area contributed by atoms with Crippen LogP contribution >= 0.6 is 0 Å². The Hall–Kier alpha value is -2.43. The number of carbonyl (C=O) groups excluding carboxylic acids is 1. The second kappa shape index (κ2) is 8.10. The number of amides is 1. The normalized spacial score (nSPS) is 15.2. The fraction of sp³-hybridized carbons (Fsp3) is 0.450. The first-order valence-corrected chi connectivity index (χ1v) is 9.12. The lowest BCUT2D eigenvalue weighted by atomic mass is 9.96. The highest BCUT2D eigenvalue weighted by molar-refractivity contribution is 6.02. The van der Waals surface area contributed by atoms with E-state index in [1.54, 1.807) is 6.20 Å². The van der Waals surface area contributed by atoms with Gasteiger partial charge in [-0.25, -0.2) is 9.97 Å². The van der Waals surface area contributed by atoms with Gasteiger partial charge in [-0.3, -0.25) is 4.79 Å². The van der Waals surface area contributed by atoms with Crippen molar-refractivity contribution in [2.75, 3.05) is 10.6 Å². The van der Waals surface area contributed by atoms with Gasteiger partial charge in [-0.1, -0.05) is 45.2 Å². The molecule has 0 saturated heterocycles. The van der Waals surface area contributed by atoms with Crippen LogP contribution in [0.15, 0.2) is 36.7 Å². The largest absolute Gasteiger partial charge is 0.366 e. The van der Waals surface area contributed by atoms with Crippen LogP contribution in [0.5, 0.6) is 0 Å². The van der Waals surface area contributed by atoms with Crippen molar-refractivity contribution in [2.24, 2.45) is 0 Å². The van der Waals surface area contributed by atoms with Crippen molar-refractivity contribution in [1.82, 2.24) is 9.97 Å². The monoisotopic (exact) mass is 338 g/mol. The molecule has 2 aromatic rings. The third kappa shape index (κ3) is 4.78. The van der Waals surface area contributed by atoms with Crippen molar-refractivity contribution >= 4 is 17.4 Å². The summed E-state index contributed by atoms with van der Waals surface area (Å²) in [5.74, 6) is 0.971. The SMILES string of the molecule is CC(C)c1ccc(NC(=O)c2cnc(NC3CCCCC3)cn2)cc1. The number of anilines is 2. The van der Waals surface area contributed by atoms with Crippen molar-refractivity contribution in [3.8, 4) is 0 Å². The van der Waals surface area contributed by atoms with Crippen molar-refractivity contribution in [1.29, 1.82) is 0 Å². The van der Waals surface area contributed by atoms with E-state index >= 15 is 0 Å². The second-order valence-electron chi connectivity index (χ2n) is 7.00. The van der Waals surface area contributed by atoms with Crippen LogP contribution in [0.2, 0.25) is 0 Å². The van der Waals surface area contributed by atoms with Crippen molar-refractivity contribution in [3.63, 3.8) is 0 Å². The molecule has 1 fully saturated rings. The first kappa shape index (κ1) is 17.4. The van der Waals surface area contributed by atoms with Gasteiger partial charge in [0.1, 0.15) is 11.5 Å². The molecular weight excluding hydrogens is 312 g/mol. The van der Waals surface area contributed by atoms with Crippen LogP contribution in [-0.2, 0) is 0 Å². The highest BCUT2D eigenvalue weighted by atomic mass is 16.1. The quantitative estimate of drug-likeness (QED) is 0.836. The highest BCUT2D eigenvalue weighted by Gasteiger charge is 2.14. The molecule has 2 N–H and O–H groups in total. The number of nitrogens with one attached hydrogen (secondary N) is 2. The molecule has 0 radical (unpaired) electrons. The summed E-state index contributed by atoms with van der Waals surface area (Å²) in [7, 11) is 0. The molecule has 0 unspecified atom stereocenters. The number of hydrogen-bond acceptors (Lipinski definition) is 4. The topological polar surface area (TPSA) is 66.9 Å². The molecule has 132 valence electrons. The predicted molar refractivity (Wildman–Crippen MR) is 101 cm³/mol. The molecular formula is C20H26N4O. The zero-order valence-corrected chi connectivity index (χ0v) is 15.0. The van der Waals surface area contributed by atoms with E-state index in [9.17, 15) is 4.79 Å². The van der Waals surface area contributed by atoms with Gasteiger partial charge in [0.25, 0.3) is 5.91 Å². The highest BCUT2D eigenvalue weighted by Crippen LogP contribution is 2.21. The van der Waals surface area contributed by atoms with Gasteiger partial charge in [0.05, 0.1) is 12.4 Å². The smallest absolute Gasteiger partial charge is 0.275 e. The molecule has 25 heavy (non-hydrogen) atoms. The second-order valence-corrected chi connectivity index (χ2v) is 7.00. The molecule has 0 aliphatic heterocycles. The molecule has 1 heterocycles. The third-order valence-corrected chi connectivity index (χ3v) is 4.68. The maximum atomic E-state index is 12.3. The standard InChI is InChI=1S/C20H26N4O/c1-14(2)15-8-10-17(11-9-15)24-20(25)18-12-22-19(13-21-18)23-16-6-4-3-5-7-16/h8-14,16H,3-7H2,1-2H3,(H,22,23)(H,24,25). The summed E-state index contributed by atoms with van der Waals surface area (Å²) in [6.07, 6.45) is 9.38. The summed E-state index contributed by atoms with van der Waals surface area (Å²) in [4.78, 5) is 20.9. The fourth-order valence-corrected chi connectivity index (χ4v) is 3.12. The van der Waals surface area contributed by atoms with E-state index in [1.165, 1.54) is 43.9 Å². The van der Waals surface area contributed by atoms with E-state index in [0.29, 0.717) is 17.7 Å². The lowest BCUT2D eigenvalue weighted by Gasteiger charge is -2.23. The van der Waals surface area contributed by atoms with Crippen LogP contribution in [0.25, 0.3) is 0 Å². The van der Waals surface area contributed by atoms with Crippen LogP contribution in [0.1, 0.15) is 67.9 Å². The van der Waals surface area contributed by atoms with Gasteiger partial charge in [0.15, 0.2) is 0 Å². The van der Waals surface area contributed by atoms with Gasteiger partial charge in [-0.05, 0) is 36.5 Å². The van der Waals surface area contributed by atoms with E-state index in [-0.39, 0.29) is 5.91 Å². The summed E-state index contributed by atoms with van der Waals surface area (Å²) >= 11 is 0. The van der Waals surface area contributed by atoms with Crippen molar-refractivity contribution in [3.05, 3.63) is 47.9 Å². The maximum absolute atomic E-state index is 12.3. The Kier molecular flexibility index (Phi) is 5.64. The van der Waals surface area contributed by atoms with Gasteiger partial charge in [0, 0.05) is 11.7 Å². The predicted octanol–water partition coefficient (Wildman–Crippen LogP) is 4.60. The molecule has 1 aliphatic carbocycles. The fourth-order valence-electron chi connectivity index (χ4n) is 3.12. The van der Waals surface area contributed by atoms with Gasteiger partial charge in [-0.2, -0.15) is 0 Å². The van der Waals surface area contributed by atoms with Crippen LogP contribution in [0.3, 0.4) is 0 Å². The minimum Gasteiger partial charge on any atom is -0.366 e. The van der Waals surface area contributed by atoms with Crippen LogP contribution in [0, 0.1) is 0 Å². The summed E-state index contributed by atoms with van der Waals surface area (Å²) in [6.45, 7) is 4.29. The lowest BCUT2D eigenvalue weighted by molar-refractivity contribution is 0.102. The number of nitrogens with zero attached hydrogens (tertiary/aromatic N) is 2. The molecule has 1 saturated carbocycles.